The summed E-state index contributed by atoms with van der Waals surface area (Å²) in [5, 5.41) is -0.0215. The number of carbonyl (C=O) groups is 2. The van der Waals surface area contributed by atoms with E-state index in [9.17, 15) is 14.2 Å². The molecule has 5 saturated heterocycles. The second-order valence-electron chi connectivity index (χ2n) is 27.2. The van der Waals surface area contributed by atoms with E-state index in [1.807, 2.05) is 83.1 Å². The zero-order chi connectivity index (χ0) is 57.8. The molecule has 0 radical (unpaired) electrons. The quantitative estimate of drug-likeness (QED) is 0.0345. The van der Waals surface area contributed by atoms with Crippen LogP contribution < -0.4 is 0 Å². The molecule has 450 valence electrons. The van der Waals surface area contributed by atoms with E-state index >= 15 is 0 Å². The van der Waals surface area contributed by atoms with E-state index < -0.39 is 68.2 Å². The van der Waals surface area contributed by atoms with Crippen molar-refractivity contribution in [2.75, 3.05) is 19.8 Å². The maximum Gasteiger partial charge on any atom is 0.344 e. The summed E-state index contributed by atoms with van der Waals surface area (Å²) in [5.74, 6) is -4.77. The Balaban J connectivity index is 1.26. The summed E-state index contributed by atoms with van der Waals surface area (Å²) in [4.78, 5) is 25.1. The van der Waals surface area contributed by atoms with Crippen molar-refractivity contribution in [1.82, 2.24) is 0 Å². The van der Waals surface area contributed by atoms with Crippen molar-refractivity contribution in [1.29, 1.82) is 0 Å². The first-order valence-corrected chi connectivity index (χ1v) is 33.8. The first kappa shape index (κ1) is 66.9. The van der Waals surface area contributed by atoms with Crippen molar-refractivity contribution < 1.29 is 79.7 Å². The third kappa shape index (κ3) is 19.9. The number of esters is 1. The van der Waals surface area contributed by atoms with Crippen LogP contribution in [0.5, 0.6) is 0 Å². The maximum absolute atomic E-state index is 13.6. The van der Waals surface area contributed by atoms with Gasteiger partial charge in [0, 0.05) is 63.9 Å². The summed E-state index contributed by atoms with van der Waals surface area (Å²) in [6.45, 7) is 42.9. The topological polar surface area (TPSA) is 180 Å². The van der Waals surface area contributed by atoms with E-state index in [4.69, 9.17) is 65.6 Å². The van der Waals surface area contributed by atoms with Crippen LogP contribution in [0, 0.1) is 11.8 Å². The predicted molar refractivity (Wildman–Crippen MR) is 297 cm³/mol. The summed E-state index contributed by atoms with van der Waals surface area (Å²) in [6.07, 6.45) is 6.42. The Morgan fingerprint density at radius 3 is 1.47 bits per heavy atom. The normalized spacial score (nSPS) is 33.0. The lowest BCUT2D eigenvalue weighted by molar-refractivity contribution is -0.336. The second kappa shape index (κ2) is 26.3. The second-order valence-corrected chi connectivity index (χ2v) is 34.3. The van der Waals surface area contributed by atoms with E-state index in [-0.39, 0.29) is 85.0 Å². The zero-order valence-electron chi connectivity index (χ0n) is 51.6. The summed E-state index contributed by atoms with van der Waals surface area (Å²) in [7, 11) is -5.95. The van der Waals surface area contributed by atoms with Gasteiger partial charge in [0.15, 0.2) is 42.9 Å². The summed E-state index contributed by atoms with van der Waals surface area (Å²) in [6, 6.07) is 0. The Morgan fingerprint density at radius 1 is 0.636 bits per heavy atom. The number of carbonyl (C=O) groups excluding carboxylic acids is 2. The largest absolute Gasteiger partial charge is 0.461 e. The molecule has 5 heterocycles. The first-order chi connectivity index (χ1) is 35.3. The fourth-order valence-electron chi connectivity index (χ4n) is 12.3. The van der Waals surface area contributed by atoms with E-state index in [1.165, 1.54) is 0 Å². The van der Waals surface area contributed by atoms with Crippen molar-refractivity contribution >= 4 is 28.2 Å². The van der Waals surface area contributed by atoms with Crippen LogP contribution in [0.15, 0.2) is 0 Å². The molecule has 17 nitrogen and oxygen atoms in total. The lowest BCUT2D eigenvalue weighted by atomic mass is 9.85. The molecule has 5 aliphatic heterocycles. The van der Waals surface area contributed by atoms with Gasteiger partial charge in [0.25, 0.3) is 0 Å². The molecule has 2 unspecified atom stereocenters. The van der Waals surface area contributed by atoms with Crippen LogP contribution in [-0.2, 0) is 79.7 Å². The molecule has 77 heavy (non-hydrogen) atoms. The molecule has 0 aromatic rings. The minimum atomic E-state index is -3.70. The molecule has 19 heteroatoms. The molecule has 0 N–H and O–H groups in total. The average molecular weight is 1140 g/mol. The fourth-order valence-corrected chi connectivity index (χ4v) is 15.3. The highest BCUT2D eigenvalue weighted by molar-refractivity contribution is 7.55. The molecule has 5 aliphatic rings. The molecular formula is C58H107O17PSi. The van der Waals surface area contributed by atoms with Crippen molar-refractivity contribution in [2.24, 2.45) is 11.8 Å². The number of hydrogen-bond donors (Lipinski definition) is 0. The third-order valence-corrected chi connectivity index (χ3v) is 23.0. The molecular weight excluding hydrogens is 1030 g/mol. The number of ether oxygens (including phenoxy) is 11. The molecule has 0 aliphatic carbocycles. The van der Waals surface area contributed by atoms with Gasteiger partial charge in [-0.05, 0) is 139 Å². The van der Waals surface area contributed by atoms with Gasteiger partial charge < -0.3 is 70.4 Å². The molecule has 5 fully saturated rings. The summed E-state index contributed by atoms with van der Waals surface area (Å²) in [5.41, 5.74) is -1.75. The smallest absolute Gasteiger partial charge is 0.344 e. The Bertz CT molecular complexity index is 1930. The first-order valence-electron chi connectivity index (χ1n) is 29.3. The van der Waals surface area contributed by atoms with Crippen LogP contribution >= 0.6 is 7.60 Å². The van der Waals surface area contributed by atoms with E-state index in [1.54, 1.807) is 20.8 Å². The molecule has 0 amide bonds. The van der Waals surface area contributed by atoms with Crippen LogP contribution in [0.2, 0.25) is 18.1 Å². The molecule has 0 saturated carbocycles. The van der Waals surface area contributed by atoms with E-state index in [0.29, 0.717) is 70.8 Å². The van der Waals surface area contributed by atoms with Gasteiger partial charge in [-0.1, -0.05) is 41.5 Å². The van der Waals surface area contributed by atoms with Gasteiger partial charge in [0.1, 0.15) is 12.4 Å². The minimum Gasteiger partial charge on any atom is -0.461 e. The highest BCUT2D eigenvalue weighted by Gasteiger charge is 2.53. The molecule has 0 aromatic heterocycles. The number of hydrogen-bond acceptors (Lipinski definition) is 17. The predicted octanol–water partition coefficient (Wildman–Crippen LogP) is 12.7. The van der Waals surface area contributed by atoms with Crippen LogP contribution in [0.4, 0.5) is 0 Å². The zero-order valence-corrected chi connectivity index (χ0v) is 53.5. The fraction of sp³-hybridized carbons (Fsp3) is 0.966. The van der Waals surface area contributed by atoms with Gasteiger partial charge in [0.2, 0.25) is 0 Å². The molecule has 0 aromatic carbocycles. The molecule has 0 spiro atoms. The van der Waals surface area contributed by atoms with Gasteiger partial charge in [0.05, 0.1) is 74.3 Å². The van der Waals surface area contributed by atoms with E-state index in [0.717, 1.165) is 19.1 Å². The molecule has 0 bridgehead atoms. The highest BCUT2D eigenvalue weighted by atomic mass is 31.2. The van der Waals surface area contributed by atoms with Crippen LogP contribution in [0.1, 0.15) is 209 Å². The van der Waals surface area contributed by atoms with Gasteiger partial charge in [-0.15, -0.1) is 0 Å². The Labute approximate surface area is 465 Å². The SMILES string of the molecule is CCOP(=O)(OCC)C(C)C(=O)O[C@@H](C(C)C)[C@@H](C)CC[C@@H](C[C@H]1C[C@@H](C[C@@H]2C[C@H](C[C@H]3C[C@H](CC4(C[C@@H]5C[C@@H](CC=O)OC(C)(C)O5)COC(C)(C)O4)OC(C)(C)O3)OC(C)(C)O2)OC(C)(C)O1)O[Si](C)(C)C(C)(C)C. The van der Waals surface area contributed by atoms with Gasteiger partial charge in [-0.3, -0.25) is 9.36 Å². The van der Waals surface area contributed by atoms with Crippen LogP contribution in [0.25, 0.3) is 0 Å². The standard InChI is InChI=1S/C58H107O17PSi/c1-22-63-76(61,64-23-2)40(6)51(60)65-50(38(3)4)39(5)24-25-42(74-77(20,21)52(7,8)9)29-43-30-44(68-55(14,15)67-43)31-45-32-46(70-56(16,17)69-45)33-47-34-49(73-57(18,19)71-47)36-58(37-62-53(10,11)75-58)35-48-28-41(26-27-59)66-54(12,13)72-48/h27,38-50H,22-26,28-37H2,1-21H3/t39-,40?,41+,42-,43-,44-,45+,46+,47-,48-,49+,50-,58?/m0/s1. The van der Waals surface area contributed by atoms with Crippen molar-refractivity contribution in [3.63, 3.8) is 0 Å². The Morgan fingerprint density at radius 2 is 1.05 bits per heavy atom. The van der Waals surface area contributed by atoms with Gasteiger partial charge in [-0.25, -0.2) is 0 Å². The average Bonchev–Trinajstić information content (AvgIpc) is 3.53. The maximum atomic E-state index is 13.6. The highest BCUT2D eigenvalue weighted by Crippen LogP contribution is 2.54. The monoisotopic (exact) mass is 1130 g/mol. The van der Waals surface area contributed by atoms with Crippen LogP contribution in [0.3, 0.4) is 0 Å². The van der Waals surface area contributed by atoms with Crippen LogP contribution in [-0.4, -0.2) is 142 Å². The number of aldehydes is 1. The van der Waals surface area contributed by atoms with Gasteiger partial charge >= 0.3 is 13.6 Å². The summed E-state index contributed by atoms with van der Waals surface area (Å²) < 4.78 is 104. The minimum absolute atomic E-state index is 0.0132. The molecule has 5 rings (SSSR count). The summed E-state index contributed by atoms with van der Waals surface area (Å²) >= 11 is 0. The number of rotatable bonds is 26. The van der Waals surface area contributed by atoms with Gasteiger partial charge in [-0.2, -0.15) is 0 Å². The lowest BCUT2D eigenvalue weighted by Crippen LogP contribution is -2.53. The van der Waals surface area contributed by atoms with Crippen molar-refractivity contribution in [2.45, 2.75) is 328 Å². The molecule has 13 atom stereocenters. The Kier molecular flexibility index (Phi) is 22.9. The Hall–Kier alpha value is -0.933. The third-order valence-electron chi connectivity index (χ3n) is 16.1. The van der Waals surface area contributed by atoms with E-state index in [2.05, 4.69) is 40.8 Å². The lowest BCUT2D eigenvalue weighted by Gasteiger charge is -2.48. The van der Waals surface area contributed by atoms with Crippen molar-refractivity contribution in [3.05, 3.63) is 0 Å². The van der Waals surface area contributed by atoms with Crippen molar-refractivity contribution in [3.8, 4) is 0 Å².